The highest BCUT2D eigenvalue weighted by atomic mass is 32.2. The number of aliphatic hydroxyl groups is 1. The molecule has 1 N–H and O–H groups in total. The molecular formula is C25H31F3N2O5S2. The van der Waals surface area contributed by atoms with Gasteiger partial charge in [-0.15, -0.1) is 0 Å². The summed E-state index contributed by atoms with van der Waals surface area (Å²) in [7, 11) is -3.82. The normalized spacial score (nSPS) is 25.3. The molecule has 204 valence electrons. The lowest BCUT2D eigenvalue weighted by molar-refractivity contribution is -0.258. The van der Waals surface area contributed by atoms with Gasteiger partial charge in [-0.05, 0) is 43.5 Å². The van der Waals surface area contributed by atoms with Gasteiger partial charge in [0.1, 0.15) is 0 Å². The number of hydrogen-bond donors (Lipinski definition) is 1. The minimum atomic E-state index is -4.82. The first kappa shape index (κ1) is 28.2. The largest absolute Gasteiger partial charge is 0.421 e. The molecule has 0 bridgehead atoms. The van der Waals surface area contributed by atoms with E-state index in [2.05, 4.69) is 0 Å². The maximum absolute atomic E-state index is 13.4. The summed E-state index contributed by atoms with van der Waals surface area (Å²) in [5.41, 5.74) is -2.65. The van der Waals surface area contributed by atoms with Gasteiger partial charge in [0.05, 0.1) is 30.3 Å². The standard InChI is InChI=1S/C25H31F3N2O5S2/c1-24(31,25(26,27)28)18-8-10-19(11-9-18)30-13-12-29(37(32,33)23-7-3-2-6-22(23)36)15-20(30)16-34-17-21-5-4-14-35-21/h2-3,7-11,20-21,31H,4-6,12-17H2,1H3/t20-,21-,24+/m1/s1. The minimum absolute atomic E-state index is 0.00249. The zero-order valence-corrected chi connectivity index (χ0v) is 22.1. The molecule has 0 unspecified atom stereocenters. The Morgan fingerprint density at radius 3 is 2.54 bits per heavy atom. The summed E-state index contributed by atoms with van der Waals surface area (Å²) in [6, 6.07) is 5.11. The summed E-state index contributed by atoms with van der Waals surface area (Å²) < 4.78 is 79.5. The van der Waals surface area contributed by atoms with Gasteiger partial charge < -0.3 is 19.5 Å². The van der Waals surface area contributed by atoms with Crippen molar-refractivity contribution in [1.82, 2.24) is 4.31 Å². The van der Waals surface area contributed by atoms with Crippen LogP contribution in [0.25, 0.3) is 0 Å². The van der Waals surface area contributed by atoms with E-state index in [1.54, 1.807) is 12.2 Å². The highest BCUT2D eigenvalue weighted by Gasteiger charge is 2.51. The van der Waals surface area contributed by atoms with E-state index in [-0.39, 0.29) is 36.3 Å². The van der Waals surface area contributed by atoms with E-state index in [1.165, 1.54) is 34.6 Å². The molecule has 2 heterocycles. The first-order chi connectivity index (χ1) is 17.4. The number of anilines is 1. The van der Waals surface area contributed by atoms with Crippen LogP contribution in [0.3, 0.4) is 0 Å². The molecular weight excluding hydrogens is 529 g/mol. The Kier molecular flexibility index (Phi) is 8.46. The number of halogens is 3. The number of benzene rings is 1. The highest BCUT2D eigenvalue weighted by molar-refractivity contribution is 7.96. The second kappa shape index (κ2) is 11.1. The van der Waals surface area contributed by atoms with Crippen molar-refractivity contribution in [2.24, 2.45) is 0 Å². The van der Waals surface area contributed by atoms with E-state index in [1.807, 2.05) is 4.90 Å². The second-order valence-corrected chi connectivity index (χ2v) is 12.0. The van der Waals surface area contributed by atoms with Crippen molar-refractivity contribution < 1.29 is 36.2 Å². The van der Waals surface area contributed by atoms with Crippen molar-refractivity contribution in [3.05, 3.63) is 53.0 Å². The van der Waals surface area contributed by atoms with Crippen LogP contribution in [0, 0.1) is 0 Å². The van der Waals surface area contributed by atoms with Gasteiger partial charge in [-0.3, -0.25) is 0 Å². The smallest absolute Gasteiger partial charge is 0.377 e. The molecule has 0 amide bonds. The van der Waals surface area contributed by atoms with E-state index in [0.29, 0.717) is 43.7 Å². The lowest BCUT2D eigenvalue weighted by Crippen LogP contribution is -2.57. The third-order valence-electron chi connectivity index (χ3n) is 6.98. The van der Waals surface area contributed by atoms with Crippen molar-refractivity contribution >= 4 is 32.8 Å². The maximum atomic E-state index is 13.4. The van der Waals surface area contributed by atoms with Gasteiger partial charge in [0.2, 0.25) is 10.0 Å². The summed E-state index contributed by atoms with van der Waals surface area (Å²) in [4.78, 5) is 2.42. The van der Waals surface area contributed by atoms with Gasteiger partial charge in [0, 0.05) is 43.2 Å². The van der Waals surface area contributed by atoms with Crippen LogP contribution in [0.15, 0.2) is 47.4 Å². The number of piperazine rings is 1. The number of sulfonamides is 1. The number of alkyl halides is 3. The number of thiocarbonyl (C=S) groups is 1. The van der Waals surface area contributed by atoms with E-state index < -0.39 is 27.8 Å². The van der Waals surface area contributed by atoms with Gasteiger partial charge in [-0.25, -0.2) is 8.42 Å². The number of hydrogen-bond acceptors (Lipinski definition) is 7. The van der Waals surface area contributed by atoms with E-state index in [0.717, 1.165) is 12.8 Å². The van der Waals surface area contributed by atoms with Gasteiger partial charge >= 0.3 is 6.18 Å². The molecule has 2 fully saturated rings. The molecule has 7 nitrogen and oxygen atoms in total. The van der Waals surface area contributed by atoms with Gasteiger partial charge in [-0.1, -0.05) is 36.5 Å². The van der Waals surface area contributed by atoms with Crippen molar-refractivity contribution in [3.63, 3.8) is 0 Å². The second-order valence-electron chi connectivity index (χ2n) is 9.59. The Balaban J connectivity index is 1.54. The van der Waals surface area contributed by atoms with E-state index >= 15 is 0 Å². The van der Waals surface area contributed by atoms with Crippen LogP contribution in [0.1, 0.15) is 31.7 Å². The molecule has 0 aromatic heterocycles. The van der Waals surface area contributed by atoms with Crippen LogP contribution < -0.4 is 4.90 Å². The summed E-state index contributed by atoms with van der Waals surface area (Å²) in [6.07, 6.45) is 2.43. The molecule has 2 aliphatic heterocycles. The van der Waals surface area contributed by atoms with E-state index in [9.17, 15) is 26.7 Å². The Labute approximate surface area is 220 Å². The summed E-state index contributed by atoms with van der Waals surface area (Å²) in [5.74, 6) is 0. The minimum Gasteiger partial charge on any atom is -0.377 e. The average Bonchev–Trinajstić information content (AvgIpc) is 3.37. The predicted octanol–water partition coefficient (Wildman–Crippen LogP) is 3.69. The number of nitrogens with zero attached hydrogens (tertiary/aromatic N) is 2. The van der Waals surface area contributed by atoms with Crippen molar-refractivity contribution in [2.45, 2.75) is 50.1 Å². The fraction of sp³-hybridized carbons (Fsp3) is 0.560. The monoisotopic (exact) mass is 560 g/mol. The SMILES string of the molecule is C[C@](O)(c1ccc(N2CCN(S(=O)(=O)C3=CC=CCC3=S)C[C@@H]2COC[C@H]2CCCO2)cc1)C(F)(F)F. The highest BCUT2D eigenvalue weighted by Crippen LogP contribution is 2.39. The van der Waals surface area contributed by atoms with Crippen molar-refractivity contribution in [1.29, 1.82) is 0 Å². The zero-order valence-electron chi connectivity index (χ0n) is 20.5. The topological polar surface area (TPSA) is 79.3 Å². The summed E-state index contributed by atoms with van der Waals surface area (Å²) >= 11 is 5.30. The fourth-order valence-electron chi connectivity index (χ4n) is 4.67. The number of allylic oxidation sites excluding steroid dienone is 4. The van der Waals surface area contributed by atoms with Crippen LogP contribution in [-0.2, 0) is 25.1 Å². The van der Waals surface area contributed by atoms with Crippen LogP contribution in [0.5, 0.6) is 0 Å². The first-order valence-corrected chi connectivity index (χ1v) is 14.0. The number of rotatable bonds is 8. The number of ether oxygens (including phenoxy) is 2. The lowest BCUT2D eigenvalue weighted by Gasteiger charge is -2.42. The molecule has 37 heavy (non-hydrogen) atoms. The van der Waals surface area contributed by atoms with Crippen LogP contribution >= 0.6 is 12.2 Å². The zero-order chi connectivity index (χ0) is 26.8. The third kappa shape index (κ3) is 6.10. The van der Waals surface area contributed by atoms with Gasteiger partial charge in [0.25, 0.3) is 0 Å². The quantitative estimate of drug-likeness (QED) is 0.486. The molecule has 1 aromatic carbocycles. The van der Waals surface area contributed by atoms with E-state index in [4.69, 9.17) is 21.7 Å². The molecule has 12 heteroatoms. The first-order valence-electron chi connectivity index (χ1n) is 12.2. The van der Waals surface area contributed by atoms with Gasteiger partial charge in [-0.2, -0.15) is 17.5 Å². The Morgan fingerprint density at radius 2 is 1.92 bits per heavy atom. The third-order valence-corrected chi connectivity index (χ3v) is 9.44. The molecule has 1 aliphatic carbocycles. The molecule has 0 radical (unpaired) electrons. The molecule has 4 rings (SSSR count). The molecule has 3 aliphatic rings. The Morgan fingerprint density at radius 1 is 1.19 bits per heavy atom. The predicted molar refractivity (Wildman–Crippen MR) is 138 cm³/mol. The van der Waals surface area contributed by atoms with Crippen molar-refractivity contribution in [2.75, 3.05) is 44.4 Å². The molecule has 0 spiro atoms. The summed E-state index contributed by atoms with van der Waals surface area (Å²) in [5, 5.41) is 10.0. The lowest BCUT2D eigenvalue weighted by atomic mass is 9.95. The average molecular weight is 561 g/mol. The maximum Gasteiger partial charge on any atom is 0.421 e. The molecule has 0 saturated carbocycles. The fourth-order valence-corrected chi connectivity index (χ4v) is 6.74. The summed E-state index contributed by atoms with van der Waals surface area (Å²) in [6.45, 7) is 2.59. The molecule has 3 atom stereocenters. The Hall–Kier alpha value is -1.83. The molecule has 1 aromatic rings. The van der Waals surface area contributed by atoms with Gasteiger partial charge in [0.15, 0.2) is 5.60 Å². The molecule has 2 saturated heterocycles. The van der Waals surface area contributed by atoms with Crippen molar-refractivity contribution in [3.8, 4) is 0 Å². The van der Waals surface area contributed by atoms with Crippen LogP contribution in [0.2, 0.25) is 0 Å². The van der Waals surface area contributed by atoms with Crippen LogP contribution in [-0.4, -0.2) is 80.5 Å². The Bertz CT molecular complexity index is 1140. The van der Waals surface area contributed by atoms with Crippen LogP contribution in [0.4, 0.5) is 18.9 Å².